The molecule has 1 heterocycles. The Morgan fingerprint density at radius 2 is 1.83 bits per heavy atom. The molecule has 0 radical (unpaired) electrons. The van der Waals surface area contributed by atoms with Crippen molar-refractivity contribution in [1.29, 1.82) is 0 Å². The number of nitrogens with zero attached hydrogens (tertiary/aromatic N) is 1. The van der Waals surface area contributed by atoms with Crippen molar-refractivity contribution in [2.75, 3.05) is 6.54 Å². The quantitative estimate of drug-likeness (QED) is 0.828. The van der Waals surface area contributed by atoms with Gasteiger partial charge in [-0.05, 0) is 42.2 Å². The second-order valence-corrected chi connectivity index (χ2v) is 5.19. The number of carbonyl (C=O) groups excluding carboxylic acids is 1. The number of amides is 1. The highest BCUT2D eigenvalue weighted by molar-refractivity contribution is 5.78. The van der Waals surface area contributed by atoms with Crippen molar-refractivity contribution in [3.63, 3.8) is 0 Å². The van der Waals surface area contributed by atoms with Gasteiger partial charge in [-0.25, -0.2) is 0 Å². The Kier molecular flexibility index (Phi) is 5.73. The van der Waals surface area contributed by atoms with Crippen molar-refractivity contribution >= 4 is 5.91 Å². The molecule has 1 aromatic carbocycles. The molecule has 0 aliphatic heterocycles. The third-order valence-corrected chi connectivity index (χ3v) is 3.33. The lowest BCUT2D eigenvalue weighted by Crippen LogP contribution is -2.26. The Morgan fingerprint density at radius 3 is 2.43 bits per heavy atom. The lowest BCUT2D eigenvalue weighted by atomic mass is 10.1. The van der Waals surface area contributed by atoms with Crippen LogP contribution in [0.25, 0.3) is 0 Å². The van der Waals surface area contributed by atoms with Crippen LogP contribution in [0.1, 0.15) is 23.1 Å². The molecule has 6 heteroatoms. The summed E-state index contributed by atoms with van der Waals surface area (Å²) in [6, 6.07) is 8.47. The van der Waals surface area contributed by atoms with Crippen molar-refractivity contribution < 1.29 is 18.0 Å². The van der Waals surface area contributed by atoms with Gasteiger partial charge < -0.3 is 5.32 Å². The number of aromatic nitrogens is 1. The van der Waals surface area contributed by atoms with E-state index in [-0.39, 0.29) is 12.3 Å². The largest absolute Gasteiger partial charge is 0.416 e. The van der Waals surface area contributed by atoms with Gasteiger partial charge in [-0.2, -0.15) is 13.2 Å². The van der Waals surface area contributed by atoms with E-state index in [0.717, 1.165) is 30.5 Å². The summed E-state index contributed by atoms with van der Waals surface area (Å²) in [6.07, 6.45) is 0.802. The number of benzene rings is 1. The zero-order valence-electron chi connectivity index (χ0n) is 12.4. The zero-order valence-corrected chi connectivity index (χ0v) is 12.4. The van der Waals surface area contributed by atoms with Crippen LogP contribution in [0.4, 0.5) is 13.2 Å². The van der Waals surface area contributed by atoms with Crippen LogP contribution in [0.5, 0.6) is 0 Å². The van der Waals surface area contributed by atoms with Crippen LogP contribution in [0.2, 0.25) is 0 Å². The number of alkyl halides is 3. The molecule has 3 nitrogen and oxygen atoms in total. The summed E-state index contributed by atoms with van der Waals surface area (Å²) in [5.74, 6) is -0.198. The van der Waals surface area contributed by atoms with Gasteiger partial charge >= 0.3 is 6.18 Å². The predicted octanol–water partition coefficient (Wildman–Crippen LogP) is 3.39. The number of rotatable bonds is 6. The number of aryl methyl sites for hydroxylation is 1. The molecule has 0 aliphatic rings. The highest BCUT2D eigenvalue weighted by atomic mass is 19.4. The zero-order chi connectivity index (χ0) is 16.7. The molecule has 1 N–H and O–H groups in total. The minimum absolute atomic E-state index is 0.0744. The van der Waals surface area contributed by atoms with Crippen LogP contribution in [0.15, 0.2) is 48.8 Å². The summed E-state index contributed by atoms with van der Waals surface area (Å²) in [5.41, 5.74) is 0.949. The topological polar surface area (TPSA) is 42.0 Å². The van der Waals surface area contributed by atoms with Crippen LogP contribution in [0.3, 0.4) is 0 Å². The fraction of sp³-hybridized carbons (Fsp3) is 0.294. The van der Waals surface area contributed by atoms with Gasteiger partial charge in [-0.1, -0.05) is 18.2 Å². The first-order valence-corrected chi connectivity index (χ1v) is 7.27. The van der Waals surface area contributed by atoms with Crippen LogP contribution < -0.4 is 5.32 Å². The number of hydrogen-bond acceptors (Lipinski definition) is 2. The van der Waals surface area contributed by atoms with E-state index in [1.807, 2.05) is 12.1 Å². The second kappa shape index (κ2) is 7.76. The monoisotopic (exact) mass is 322 g/mol. The molecule has 2 aromatic rings. The molecule has 0 saturated carbocycles. The molecule has 0 atom stereocenters. The summed E-state index contributed by atoms with van der Waals surface area (Å²) in [5, 5.41) is 2.76. The first-order chi connectivity index (χ1) is 10.9. The van der Waals surface area contributed by atoms with Crippen molar-refractivity contribution in [2.24, 2.45) is 0 Å². The van der Waals surface area contributed by atoms with Gasteiger partial charge in [-0.3, -0.25) is 9.78 Å². The molecule has 0 bridgehead atoms. The van der Waals surface area contributed by atoms with Gasteiger partial charge in [0.2, 0.25) is 5.91 Å². The number of nitrogens with one attached hydrogen (secondary N) is 1. The maximum Gasteiger partial charge on any atom is 0.416 e. The molecule has 0 spiro atoms. The van der Waals surface area contributed by atoms with E-state index in [1.165, 1.54) is 12.1 Å². The Labute approximate surface area is 132 Å². The standard InChI is InChI=1S/C17H17F3N2O/c18-17(19,20)15-7-5-13(6-8-15)11-16(23)22-10-2-4-14-3-1-9-21-12-14/h1,3,5-9,12H,2,4,10-11H2,(H,22,23). The predicted molar refractivity (Wildman–Crippen MR) is 80.7 cm³/mol. The second-order valence-electron chi connectivity index (χ2n) is 5.19. The molecule has 122 valence electrons. The van der Waals surface area contributed by atoms with Crippen LogP contribution >= 0.6 is 0 Å². The molecule has 0 unspecified atom stereocenters. The van der Waals surface area contributed by atoms with Gasteiger partial charge in [0.15, 0.2) is 0 Å². The van der Waals surface area contributed by atoms with Crippen molar-refractivity contribution in [3.05, 3.63) is 65.5 Å². The average molecular weight is 322 g/mol. The number of carbonyl (C=O) groups is 1. The van der Waals surface area contributed by atoms with Gasteiger partial charge in [0.25, 0.3) is 0 Å². The highest BCUT2D eigenvalue weighted by Gasteiger charge is 2.29. The summed E-state index contributed by atoms with van der Waals surface area (Å²) in [4.78, 5) is 15.8. The highest BCUT2D eigenvalue weighted by Crippen LogP contribution is 2.29. The lowest BCUT2D eigenvalue weighted by molar-refractivity contribution is -0.137. The Morgan fingerprint density at radius 1 is 1.09 bits per heavy atom. The van der Waals surface area contributed by atoms with E-state index in [2.05, 4.69) is 10.3 Å². The normalized spacial score (nSPS) is 11.3. The first-order valence-electron chi connectivity index (χ1n) is 7.27. The molecule has 0 fully saturated rings. The number of pyridine rings is 1. The van der Waals surface area contributed by atoms with Crippen LogP contribution in [-0.2, 0) is 23.8 Å². The molecule has 1 aromatic heterocycles. The van der Waals surface area contributed by atoms with Crippen LogP contribution in [0, 0.1) is 0 Å². The average Bonchev–Trinajstić information content (AvgIpc) is 2.52. The first kappa shape index (κ1) is 17.0. The molecule has 0 aliphatic carbocycles. The van der Waals surface area contributed by atoms with E-state index in [1.54, 1.807) is 12.4 Å². The summed E-state index contributed by atoms with van der Waals surface area (Å²) in [6.45, 7) is 0.522. The molecule has 0 saturated heterocycles. The molecule has 1 amide bonds. The Hall–Kier alpha value is -2.37. The maximum absolute atomic E-state index is 12.4. The lowest BCUT2D eigenvalue weighted by Gasteiger charge is -2.08. The fourth-order valence-corrected chi connectivity index (χ4v) is 2.13. The molecule has 2 rings (SSSR count). The van der Waals surface area contributed by atoms with Crippen molar-refractivity contribution in [1.82, 2.24) is 10.3 Å². The summed E-state index contributed by atoms with van der Waals surface area (Å²) in [7, 11) is 0. The van der Waals surface area contributed by atoms with E-state index >= 15 is 0 Å². The molecule has 23 heavy (non-hydrogen) atoms. The maximum atomic E-state index is 12.4. The van der Waals surface area contributed by atoms with Crippen LogP contribution in [-0.4, -0.2) is 17.4 Å². The third-order valence-electron chi connectivity index (χ3n) is 3.33. The van der Waals surface area contributed by atoms with Gasteiger partial charge in [0, 0.05) is 18.9 Å². The Balaban J connectivity index is 1.72. The van der Waals surface area contributed by atoms with Crippen molar-refractivity contribution in [2.45, 2.75) is 25.4 Å². The third kappa shape index (κ3) is 5.73. The van der Waals surface area contributed by atoms with E-state index < -0.39 is 11.7 Å². The summed E-state index contributed by atoms with van der Waals surface area (Å²) < 4.78 is 37.3. The molecular formula is C17H17F3N2O. The van der Waals surface area contributed by atoms with E-state index in [9.17, 15) is 18.0 Å². The van der Waals surface area contributed by atoms with E-state index in [4.69, 9.17) is 0 Å². The fourth-order valence-electron chi connectivity index (χ4n) is 2.13. The summed E-state index contributed by atoms with van der Waals surface area (Å²) >= 11 is 0. The number of halogens is 3. The number of hydrogen-bond donors (Lipinski definition) is 1. The SMILES string of the molecule is O=C(Cc1ccc(C(F)(F)F)cc1)NCCCc1cccnc1. The minimum Gasteiger partial charge on any atom is -0.356 e. The van der Waals surface area contributed by atoms with Gasteiger partial charge in [0.1, 0.15) is 0 Å². The molecular weight excluding hydrogens is 305 g/mol. The smallest absolute Gasteiger partial charge is 0.356 e. The van der Waals surface area contributed by atoms with Gasteiger partial charge in [0.05, 0.1) is 12.0 Å². The van der Waals surface area contributed by atoms with E-state index in [0.29, 0.717) is 12.1 Å². The Bertz CT molecular complexity index is 625. The van der Waals surface area contributed by atoms with Gasteiger partial charge in [-0.15, -0.1) is 0 Å². The van der Waals surface area contributed by atoms with Crippen molar-refractivity contribution in [3.8, 4) is 0 Å². The minimum atomic E-state index is -4.35.